The number of halogens is 1. The van der Waals surface area contributed by atoms with Crippen molar-refractivity contribution >= 4 is 5.97 Å². The quantitative estimate of drug-likeness (QED) is 0.916. The number of rotatable bonds is 4. The highest BCUT2D eigenvalue weighted by Gasteiger charge is 2.11. The van der Waals surface area contributed by atoms with Crippen LogP contribution >= 0.6 is 0 Å². The molecule has 0 aromatic heterocycles. The Hall–Kier alpha value is -2.36. The number of hydrogen-bond acceptors (Lipinski definition) is 2. The topological polar surface area (TPSA) is 46.5 Å². The molecule has 2 rings (SSSR count). The van der Waals surface area contributed by atoms with E-state index in [1.165, 1.54) is 12.1 Å². The Morgan fingerprint density at radius 1 is 1.21 bits per heavy atom. The van der Waals surface area contributed by atoms with Crippen LogP contribution in [0.15, 0.2) is 42.5 Å². The van der Waals surface area contributed by atoms with Crippen molar-refractivity contribution in [2.45, 2.75) is 13.5 Å². The second-order valence-electron chi connectivity index (χ2n) is 4.14. The number of carboxylic acids is 1. The Balaban J connectivity index is 2.19. The molecule has 0 saturated carbocycles. The third-order valence-electron chi connectivity index (χ3n) is 2.79. The summed E-state index contributed by atoms with van der Waals surface area (Å²) in [6.07, 6.45) is 0. The van der Waals surface area contributed by atoms with Crippen molar-refractivity contribution in [2.24, 2.45) is 0 Å². The third kappa shape index (κ3) is 2.91. The third-order valence-corrected chi connectivity index (χ3v) is 2.79. The smallest absolute Gasteiger partial charge is 0.336 e. The monoisotopic (exact) mass is 260 g/mol. The van der Waals surface area contributed by atoms with E-state index in [0.29, 0.717) is 11.1 Å². The molecular formula is C15H13FO3. The Bertz CT molecular complexity index is 608. The average molecular weight is 260 g/mol. The van der Waals surface area contributed by atoms with Crippen LogP contribution in [-0.4, -0.2) is 11.1 Å². The van der Waals surface area contributed by atoms with E-state index in [-0.39, 0.29) is 17.9 Å². The van der Waals surface area contributed by atoms with Gasteiger partial charge in [-0.3, -0.25) is 0 Å². The van der Waals surface area contributed by atoms with Crippen LogP contribution < -0.4 is 4.74 Å². The maximum absolute atomic E-state index is 13.7. The van der Waals surface area contributed by atoms with Gasteiger partial charge in [0.05, 0.1) is 5.56 Å². The first kappa shape index (κ1) is 13.1. The number of hydrogen-bond donors (Lipinski definition) is 1. The maximum Gasteiger partial charge on any atom is 0.336 e. The zero-order valence-corrected chi connectivity index (χ0v) is 10.4. The summed E-state index contributed by atoms with van der Waals surface area (Å²) in [5.41, 5.74) is 1.16. The summed E-state index contributed by atoms with van der Waals surface area (Å²) in [4.78, 5) is 11.0. The van der Waals surface area contributed by atoms with E-state index in [1.54, 1.807) is 37.3 Å². The van der Waals surface area contributed by atoms with Crippen LogP contribution in [0.25, 0.3) is 0 Å². The van der Waals surface area contributed by atoms with E-state index in [0.717, 1.165) is 0 Å². The first-order valence-corrected chi connectivity index (χ1v) is 5.78. The minimum Gasteiger partial charge on any atom is -0.486 e. The maximum atomic E-state index is 13.7. The SMILES string of the molecule is Cc1cccc(OCc2ccccc2C(=O)O)c1F. The molecule has 0 heterocycles. The van der Waals surface area contributed by atoms with Gasteiger partial charge in [0, 0.05) is 5.56 Å². The van der Waals surface area contributed by atoms with Gasteiger partial charge in [-0.15, -0.1) is 0 Å². The molecule has 0 aliphatic heterocycles. The van der Waals surface area contributed by atoms with E-state index in [2.05, 4.69) is 0 Å². The molecule has 0 unspecified atom stereocenters. The van der Waals surface area contributed by atoms with Crippen LogP contribution in [0.5, 0.6) is 5.75 Å². The zero-order chi connectivity index (χ0) is 13.8. The number of carbonyl (C=O) groups is 1. The highest BCUT2D eigenvalue weighted by molar-refractivity contribution is 5.89. The molecule has 1 N–H and O–H groups in total. The lowest BCUT2D eigenvalue weighted by Gasteiger charge is -2.10. The molecule has 3 nitrogen and oxygen atoms in total. The molecule has 0 saturated heterocycles. The van der Waals surface area contributed by atoms with Crippen LogP contribution in [0.4, 0.5) is 4.39 Å². The predicted octanol–water partition coefficient (Wildman–Crippen LogP) is 3.41. The Morgan fingerprint density at radius 2 is 1.95 bits per heavy atom. The fourth-order valence-corrected chi connectivity index (χ4v) is 1.74. The zero-order valence-electron chi connectivity index (χ0n) is 10.4. The van der Waals surface area contributed by atoms with Crippen LogP contribution in [0.1, 0.15) is 21.5 Å². The van der Waals surface area contributed by atoms with Gasteiger partial charge in [0.15, 0.2) is 11.6 Å². The molecule has 0 aliphatic rings. The van der Waals surface area contributed by atoms with Gasteiger partial charge in [0.2, 0.25) is 0 Å². The normalized spacial score (nSPS) is 10.2. The summed E-state index contributed by atoms with van der Waals surface area (Å²) in [6, 6.07) is 11.4. The van der Waals surface area contributed by atoms with Gasteiger partial charge in [-0.2, -0.15) is 0 Å². The van der Waals surface area contributed by atoms with E-state index < -0.39 is 11.8 Å². The molecule has 0 fully saturated rings. The lowest BCUT2D eigenvalue weighted by molar-refractivity contribution is 0.0694. The number of aromatic carboxylic acids is 1. The predicted molar refractivity (Wildman–Crippen MR) is 68.9 cm³/mol. The summed E-state index contributed by atoms with van der Waals surface area (Å²) in [5, 5.41) is 9.03. The van der Waals surface area contributed by atoms with E-state index in [1.807, 2.05) is 0 Å². The first-order chi connectivity index (χ1) is 9.09. The highest BCUT2D eigenvalue weighted by Crippen LogP contribution is 2.21. The van der Waals surface area contributed by atoms with Gasteiger partial charge in [-0.05, 0) is 24.6 Å². The first-order valence-electron chi connectivity index (χ1n) is 5.78. The molecule has 4 heteroatoms. The Morgan fingerprint density at radius 3 is 2.68 bits per heavy atom. The minimum atomic E-state index is -1.02. The highest BCUT2D eigenvalue weighted by atomic mass is 19.1. The van der Waals surface area contributed by atoms with Crippen molar-refractivity contribution in [1.82, 2.24) is 0 Å². The number of ether oxygens (including phenoxy) is 1. The second kappa shape index (κ2) is 5.52. The van der Waals surface area contributed by atoms with Gasteiger partial charge in [0.1, 0.15) is 6.61 Å². The molecule has 0 bridgehead atoms. The van der Waals surface area contributed by atoms with Crippen molar-refractivity contribution in [3.8, 4) is 5.75 Å². The van der Waals surface area contributed by atoms with Crippen molar-refractivity contribution in [1.29, 1.82) is 0 Å². The standard InChI is InChI=1S/C15H13FO3/c1-10-5-4-8-13(14(10)16)19-9-11-6-2-3-7-12(11)15(17)18/h2-8H,9H2,1H3,(H,17,18). The van der Waals surface area contributed by atoms with Gasteiger partial charge < -0.3 is 9.84 Å². The van der Waals surface area contributed by atoms with E-state index in [4.69, 9.17) is 9.84 Å². The molecule has 0 aliphatic carbocycles. The fourth-order valence-electron chi connectivity index (χ4n) is 1.74. The molecule has 0 radical (unpaired) electrons. The minimum absolute atomic E-state index is 0.0167. The molecular weight excluding hydrogens is 247 g/mol. The lowest BCUT2D eigenvalue weighted by atomic mass is 10.1. The van der Waals surface area contributed by atoms with Gasteiger partial charge >= 0.3 is 5.97 Å². The van der Waals surface area contributed by atoms with Crippen LogP contribution in [-0.2, 0) is 6.61 Å². The summed E-state index contributed by atoms with van der Waals surface area (Å²) in [5.74, 6) is -1.32. The molecule has 0 amide bonds. The number of carboxylic acid groups (broad SMARTS) is 1. The summed E-state index contributed by atoms with van der Waals surface area (Å²) in [6.45, 7) is 1.66. The molecule has 2 aromatic rings. The summed E-state index contributed by atoms with van der Waals surface area (Å²) in [7, 11) is 0. The number of aryl methyl sites for hydroxylation is 1. The van der Waals surface area contributed by atoms with E-state index >= 15 is 0 Å². The van der Waals surface area contributed by atoms with Crippen LogP contribution in [0, 0.1) is 12.7 Å². The van der Waals surface area contributed by atoms with Gasteiger partial charge in [0.25, 0.3) is 0 Å². The summed E-state index contributed by atoms with van der Waals surface area (Å²) < 4.78 is 19.1. The Labute approximate surface area is 110 Å². The summed E-state index contributed by atoms with van der Waals surface area (Å²) >= 11 is 0. The molecule has 0 spiro atoms. The lowest BCUT2D eigenvalue weighted by Crippen LogP contribution is -2.06. The second-order valence-corrected chi connectivity index (χ2v) is 4.14. The van der Waals surface area contributed by atoms with Gasteiger partial charge in [-0.25, -0.2) is 9.18 Å². The molecule has 0 atom stereocenters. The van der Waals surface area contributed by atoms with Crippen molar-refractivity contribution in [2.75, 3.05) is 0 Å². The molecule has 2 aromatic carbocycles. The van der Waals surface area contributed by atoms with Crippen molar-refractivity contribution in [3.05, 3.63) is 65.0 Å². The largest absolute Gasteiger partial charge is 0.486 e. The average Bonchev–Trinajstić information content (AvgIpc) is 2.40. The fraction of sp³-hybridized carbons (Fsp3) is 0.133. The molecule has 19 heavy (non-hydrogen) atoms. The van der Waals surface area contributed by atoms with Gasteiger partial charge in [-0.1, -0.05) is 30.3 Å². The van der Waals surface area contributed by atoms with Crippen molar-refractivity contribution < 1.29 is 19.0 Å². The van der Waals surface area contributed by atoms with E-state index in [9.17, 15) is 9.18 Å². The van der Waals surface area contributed by atoms with Crippen LogP contribution in [0.3, 0.4) is 0 Å². The van der Waals surface area contributed by atoms with Crippen molar-refractivity contribution in [3.63, 3.8) is 0 Å². The Kier molecular flexibility index (Phi) is 3.80. The number of benzene rings is 2. The van der Waals surface area contributed by atoms with Crippen LogP contribution in [0.2, 0.25) is 0 Å². The molecule has 98 valence electrons.